The Morgan fingerprint density at radius 1 is 0.325 bits per heavy atom. The van der Waals surface area contributed by atoms with Crippen LogP contribution in [0.15, 0.2) is 0 Å². The van der Waals surface area contributed by atoms with Crippen LogP contribution in [0.2, 0.25) is 0 Å². The summed E-state index contributed by atoms with van der Waals surface area (Å²) in [7, 11) is 0. The molecular formula is C36H72O4. The van der Waals surface area contributed by atoms with E-state index in [-0.39, 0.29) is 11.9 Å². The van der Waals surface area contributed by atoms with Crippen LogP contribution in [0.25, 0.3) is 0 Å². The van der Waals surface area contributed by atoms with Crippen LogP contribution in [0.4, 0.5) is 0 Å². The average Bonchev–Trinajstić information content (AvgIpc) is 2.93. The second-order valence-corrected chi connectivity index (χ2v) is 11.9. The number of esters is 2. The minimum Gasteiger partial charge on any atom is -0.466 e. The number of carbonyl (C=O) groups excluding carboxylic acids is 2. The van der Waals surface area contributed by atoms with Crippen molar-refractivity contribution in [2.24, 2.45) is 0 Å². The predicted octanol–water partition coefficient (Wildman–Crippen LogP) is 12.1. The summed E-state index contributed by atoms with van der Waals surface area (Å²) in [6.07, 6.45) is 38.0. The number of unbranched alkanes of at least 4 members (excludes halogenated alkanes) is 26. The minimum absolute atomic E-state index is 0.153. The first-order chi connectivity index (χ1) is 19.5. The van der Waals surface area contributed by atoms with Crippen LogP contribution < -0.4 is 0 Å². The molecule has 40 heavy (non-hydrogen) atoms. The van der Waals surface area contributed by atoms with E-state index in [0.717, 1.165) is 12.8 Å². The van der Waals surface area contributed by atoms with Crippen molar-refractivity contribution in [3.05, 3.63) is 0 Å². The van der Waals surface area contributed by atoms with Gasteiger partial charge in [0.05, 0.1) is 13.2 Å². The molecule has 0 spiro atoms. The van der Waals surface area contributed by atoms with Crippen molar-refractivity contribution in [2.75, 3.05) is 13.2 Å². The Labute approximate surface area is 251 Å². The van der Waals surface area contributed by atoms with Gasteiger partial charge in [-0.2, -0.15) is 0 Å². The Hall–Kier alpha value is -1.06. The first-order valence-electron chi connectivity index (χ1n) is 17.8. The Bertz CT molecular complexity index is 447. The van der Waals surface area contributed by atoms with Gasteiger partial charge in [0, 0.05) is 13.8 Å². The molecule has 0 aliphatic heterocycles. The summed E-state index contributed by atoms with van der Waals surface area (Å²) >= 11 is 0. The Kier molecular flexibility index (Phi) is 39.0. The number of carbonyl (C=O) groups is 2. The van der Waals surface area contributed by atoms with Crippen LogP contribution in [0.5, 0.6) is 0 Å². The van der Waals surface area contributed by atoms with E-state index in [1.54, 1.807) is 0 Å². The van der Waals surface area contributed by atoms with Crippen molar-refractivity contribution in [2.45, 2.75) is 207 Å². The maximum absolute atomic E-state index is 10.6. The van der Waals surface area contributed by atoms with E-state index in [1.165, 1.54) is 181 Å². The molecular weight excluding hydrogens is 496 g/mol. The molecule has 0 fully saturated rings. The molecule has 4 heteroatoms. The highest BCUT2D eigenvalue weighted by atomic mass is 16.5. The maximum atomic E-state index is 10.6. The topological polar surface area (TPSA) is 52.6 Å². The normalized spacial score (nSPS) is 10.7. The van der Waals surface area contributed by atoms with Gasteiger partial charge >= 0.3 is 11.9 Å². The van der Waals surface area contributed by atoms with Gasteiger partial charge in [0.1, 0.15) is 0 Å². The molecule has 4 nitrogen and oxygen atoms in total. The van der Waals surface area contributed by atoms with Gasteiger partial charge in [0.15, 0.2) is 0 Å². The van der Waals surface area contributed by atoms with Gasteiger partial charge in [-0.25, -0.2) is 0 Å². The molecule has 0 aliphatic carbocycles. The number of hydrogen-bond acceptors (Lipinski definition) is 4. The van der Waals surface area contributed by atoms with E-state index < -0.39 is 0 Å². The summed E-state index contributed by atoms with van der Waals surface area (Å²) in [5.74, 6) is -0.306. The maximum Gasteiger partial charge on any atom is 0.302 e. The molecule has 0 saturated heterocycles. The minimum atomic E-state index is -0.153. The number of hydrogen-bond donors (Lipinski definition) is 0. The highest BCUT2D eigenvalue weighted by Crippen LogP contribution is 2.14. The van der Waals surface area contributed by atoms with Crippen LogP contribution in [-0.4, -0.2) is 25.2 Å². The van der Waals surface area contributed by atoms with Crippen LogP contribution >= 0.6 is 0 Å². The quantitative estimate of drug-likeness (QED) is 0.0638. The first-order valence-corrected chi connectivity index (χ1v) is 17.8. The van der Waals surface area contributed by atoms with Gasteiger partial charge in [-0.1, -0.05) is 181 Å². The van der Waals surface area contributed by atoms with Crippen LogP contribution in [0.1, 0.15) is 207 Å². The standard InChI is InChI=1S/2C18H36O2/c2*1-3-4-5-6-7-8-9-10-11-12-13-14-15-16-17-20-18(2)19/h2*3-17H2,1-2H3. The van der Waals surface area contributed by atoms with Crippen molar-refractivity contribution in [1.29, 1.82) is 0 Å². The summed E-state index contributed by atoms with van der Waals surface area (Å²) in [4.78, 5) is 21.1. The van der Waals surface area contributed by atoms with Gasteiger partial charge in [0.2, 0.25) is 0 Å². The van der Waals surface area contributed by atoms with Gasteiger partial charge in [-0.15, -0.1) is 0 Å². The molecule has 240 valence electrons. The third-order valence-corrected chi connectivity index (χ3v) is 7.61. The molecule has 0 unspecified atom stereocenters. The van der Waals surface area contributed by atoms with Gasteiger partial charge in [-0.05, 0) is 12.8 Å². The van der Waals surface area contributed by atoms with Crippen molar-refractivity contribution in [3.63, 3.8) is 0 Å². The van der Waals surface area contributed by atoms with E-state index in [4.69, 9.17) is 9.47 Å². The lowest BCUT2D eigenvalue weighted by atomic mass is 10.0. The van der Waals surface area contributed by atoms with E-state index in [0.29, 0.717) is 13.2 Å². The molecule has 0 aliphatic rings. The lowest BCUT2D eigenvalue weighted by Crippen LogP contribution is -2.00. The fourth-order valence-electron chi connectivity index (χ4n) is 5.03. The summed E-state index contributed by atoms with van der Waals surface area (Å²) in [5.41, 5.74) is 0. The SMILES string of the molecule is CCCCCCCCCCCCCCCCOC(C)=O.CCCCCCCCCCCCCCCCOC(C)=O. The molecule has 0 aromatic carbocycles. The van der Waals surface area contributed by atoms with Crippen LogP contribution in [0.3, 0.4) is 0 Å². The third-order valence-electron chi connectivity index (χ3n) is 7.61. The lowest BCUT2D eigenvalue weighted by Gasteiger charge is -2.03. The summed E-state index contributed by atoms with van der Waals surface area (Å²) in [5, 5.41) is 0. The highest BCUT2D eigenvalue weighted by molar-refractivity contribution is 5.66. The highest BCUT2D eigenvalue weighted by Gasteiger charge is 1.97. The predicted molar refractivity (Wildman–Crippen MR) is 174 cm³/mol. The lowest BCUT2D eigenvalue weighted by molar-refractivity contribution is -0.142. The van der Waals surface area contributed by atoms with Gasteiger partial charge in [0.25, 0.3) is 0 Å². The molecule has 0 N–H and O–H groups in total. The second-order valence-electron chi connectivity index (χ2n) is 11.9. The van der Waals surface area contributed by atoms with Crippen molar-refractivity contribution < 1.29 is 19.1 Å². The zero-order chi connectivity index (χ0) is 29.8. The molecule has 0 radical (unpaired) electrons. The average molecular weight is 569 g/mol. The van der Waals surface area contributed by atoms with Crippen LogP contribution in [-0.2, 0) is 19.1 Å². The van der Waals surface area contributed by atoms with Crippen molar-refractivity contribution in [1.82, 2.24) is 0 Å². The molecule has 0 atom stereocenters. The smallest absolute Gasteiger partial charge is 0.302 e. The molecule has 0 bridgehead atoms. The fraction of sp³-hybridized carbons (Fsp3) is 0.944. The summed E-state index contributed by atoms with van der Waals surface area (Å²) in [6, 6.07) is 0. The van der Waals surface area contributed by atoms with Gasteiger partial charge < -0.3 is 9.47 Å². The summed E-state index contributed by atoms with van der Waals surface area (Å²) in [6.45, 7) is 8.71. The zero-order valence-electron chi connectivity index (χ0n) is 27.8. The van der Waals surface area contributed by atoms with Crippen molar-refractivity contribution >= 4 is 11.9 Å². The molecule has 0 amide bonds. The Morgan fingerprint density at radius 3 is 0.675 bits per heavy atom. The number of rotatable bonds is 30. The second kappa shape index (κ2) is 37.9. The first kappa shape index (κ1) is 41.1. The Balaban J connectivity index is 0. The van der Waals surface area contributed by atoms with E-state index in [1.807, 2.05) is 0 Å². The summed E-state index contributed by atoms with van der Waals surface area (Å²) < 4.78 is 9.82. The molecule has 0 saturated carbocycles. The van der Waals surface area contributed by atoms with E-state index in [9.17, 15) is 9.59 Å². The zero-order valence-corrected chi connectivity index (χ0v) is 27.8. The van der Waals surface area contributed by atoms with Gasteiger partial charge in [-0.3, -0.25) is 9.59 Å². The monoisotopic (exact) mass is 569 g/mol. The molecule has 0 heterocycles. The largest absolute Gasteiger partial charge is 0.466 e. The number of ether oxygens (including phenoxy) is 2. The molecule has 0 rings (SSSR count). The van der Waals surface area contributed by atoms with Crippen molar-refractivity contribution in [3.8, 4) is 0 Å². The molecule has 0 aromatic heterocycles. The third kappa shape index (κ3) is 44.0. The Morgan fingerprint density at radius 2 is 0.500 bits per heavy atom. The fourth-order valence-corrected chi connectivity index (χ4v) is 5.03. The van der Waals surface area contributed by atoms with E-state index in [2.05, 4.69) is 13.8 Å². The van der Waals surface area contributed by atoms with E-state index >= 15 is 0 Å². The molecule has 0 aromatic rings. The van der Waals surface area contributed by atoms with Crippen LogP contribution in [0, 0.1) is 0 Å².